The van der Waals surface area contributed by atoms with Crippen LogP contribution in [0.3, 0.4) is 0 Å². The van der Waals surface area contributed by atoms with Gasteiger partial charge in [0.25, 0.3) is 5.91 Å². The molecule has 0 fully saturated rings. The van der Waals surface area contributed by atoms with Crippen molar-refractivity contribution < 1.29 is 13.2 Å². The molecule has 39 heavy (non-hydrogen) atoms. The first-order valence-electron chi connectivity index (χ1n) is 13.1. The molecule has 2 N–H and O–H groups in total. The van der Waals surface area contributed by atoms with E-state index in [1.165, 1.54) is 0 Å². The molecule has 2 aromatic heterocycles. The van der Waals surface area contributed by atoms with E-state index < -0.39 is 9.84 Å². The number of aromatic nitrogens is 5. The van der Waals surface area contributed by atoms with E-state index >= 15 is 0 Å². The van der Waals surface area contributed by atoms with Crippen LogP contribution in [0.1, 0.15) is 44.0 Å². The van der Waals surface area contributed by atoms with Gasteiger partial charge in [-0.2, -0.15) is 9.67 Å². The lowest BCUT2D eigenvalue weighted by atomic mass is 10.2. The summed E-state index contributed by atoms with van der Waals surface area (Å²) in [6.07, 6.45) is 2.96. The number of anilines is 2. The molecule has 0 unspecified atom stereocenters. The third kappa shape index (κ3) is 6.95. The molecular formula is C27H34N8O3S. The lowest BCUT2D eigenvalue weighted by Crippen LogP contribution is -2.34. The monoisotopic (exact) mass is 550 g/mol. The number of hydrogen-bond donors (Lipinski definition) is 2. The quantitative estimate of drug-likeness (QED) is 0.256. The van der Waals surface area contributed by atoms with Gasteiger partial charge in [0.2, 0.25) is 5.95 Å². The minimum Gasteiger partial charge on any atom is -0.351 e. The normalized spacial score (nSPS) is 11.7. The Bertz CT molecular complexity index is 1520. The Labute approximate surface area is 228 Å². The van der Waals surface area contributed by atoms with Crippen molar-refractivity contribution in [2.45, 2.75) is 38.5 Å². The first-order valence-corrected chi connectivity index (χ1v) is 14.8. The molecule has 11 nitrogen and oxygen atoms in total. The summed E-state index contributed by atoms with van der Waals surface area (Å²) in [7, 11) is -3.36. The predicted octanol–water partition coefficient (Wildman–Crippen LogP) is 3.60. The Balaban J connectivity index is 1.49. The average Bonchev–Trinajstić information content (AvgIpc) is 3.38. The summed E-state index contributed by atoms with van der Waals surface area (Å²) < 4.78 is 26.8. The summed E-state index contributed by atoms with van der Waals surface area (Å²) in [5.41, 5.74) is 2.76. The fourth-order valence-electron chi connectivity index (χ4n) is 4.03. The minimum atomic E-state index is -3.36. The summed E-state index contributed by atoms with van der Waals surface area (Å²) in [6, 6.07) is 13.7. The van der Waals surface area contributed by atoms with Crippen molar-refractivity contribution in [2.24, 2.45) is 0 Å². The van der Waals surface area contributed by atoms with Crippen molar-refractivity contribution in [1.29, 1.82) is 0 Å². The summed E-state index contributed by atoms with van der Waals surface area (Å²) in [5.74, 6) is 0.250. The van der Waals surface area contributed by atoms with E-state index in [0.29, 0.717) is 41.1 Å². The van der Waals surface area contributed by atoms with E-state index in [-0.39, 0.29) is 22.5 Å². The first kappa shape index (κ1) is 28.1. The zero-order valence-corrected chi connectivity index (χ0v) is 23.3. The van der Waals surface area contributed by atoms with E-state index in [1.807, 2.05) is 6.92 Å². The largest absolute Gasteiger partial charge is 0.351 e. The Morgan fingerprint density at radius 3 is 2.54 bits per heavy atom. The molecule has 0 aliphatic rings. The Kier molecular flexibility index (Phi) is 9.20. The molecule has 0 bridgehead atoms. The summed E-state index contributed by atoms with van der Waals surface area (Å²) >= 11 is 0. The van der Waals surface area contributed by atoms with Gasteiger partial charge < -0.3 is 15.5 Å². The Hall–Kier alpha value is -3.90. The zero-order valence-electron chi connectivity index (χ0n) is 22.5. The topological polar surface area (TPSA) is 135 Å². The van der Waals surface area contributed by atoms with Crippen LogP contribution in [0.15, 0.2) is 59.6 Å². The highest BCUT2D eigenvalue weighted by atomic mass is 32.2. The first-order chi connectivity index (χ1) is 18.8. The number of carbonyl (C=O) groups excluding carboxylic acids is 1. The Morgan fingerprint density at radius 1 is 1.05 bits per heavy atom. The van der Waals surface area contributed by atoms with Crippen LogP contribution < -0.4 is 10.6 Å². The van der Waals surface area contributed by atoms with Gasteiger partial charge in [0.05, 0.1) is 22.5 Å². The maximum atomic E-state index is 12.6. The minimum absolute atomic E-state index is 0.108. The van der Waals surface area contributed by atoms with Crippen LogP contribution >= 0.6 is 0 Å². The number of nitrogens with one attached hydrogen (secondary N) is 2. The maximum absolute atomic E-state index is 12.6. The highest BCUT2D eigenvalue weighted by Crippen LogP contribution is 2.22. The zero-order chi connectivity index (χ0) is 27.8. The number of carbonyl (C=O) groups is 1. The molecular weight excluding hydrogens is 516 g/mol. The SMILES string of the molecule is CCCCS(=O)(=O)c1cccc(Nc2ncc3nnn(-c4ccc(C(=O)NCCN(CC)CC)cc4)c3n2)c1. The van der Waals surface area contributed by atoms with Crippen molar-refractivity contribution in [2.75, 3.05) is 37.2 Å². The third-order valence-corrected chi connectivity index (χ3v) is 8.19. The van der Waals surface area contributed by atoms with Gasteiger partial charge in [-0.3, -0.25) is 4.79 Å². The summed E-state index contributed by atoms with van der Waals surface area (Å²) in [6.45, 7) is 9.43. The van der Waals surface area contributed by atoms with Gasteiger partial charge in [-0.25, -0.2) is 13.4 Å². The van der Waals surface area contributed by atoms with Gasteiger partial charge in [-0.15, -0.1) is 5.10 Å². The Morgan fingerprint density at radius 2 is 1.82 bits per heavy atom. The van der Waals surface area contributed by atoms with Crippen molar-refractivity contribution >= 4 is 38.5 Å². The van der Waals surface area contributed by atoms with Crippen molar-refractivity contribution in [3.63, 3.8) is 0 Å². The fraction of sp³-hybridized carbons (Fsp3) is 0.370. The van der Waals surface area contributed by atoms with Crippen molar-refractivity contribution in [3.8, 4) is 5.69 Å². The molecule has 0 aliphatic carbocycles. The molecule has 0 saturated carbocycles. The number of sulfone groups is 1. The van der Waals surface area contributed by atoms with E-state index in [0.717, 1.165) is 26.1 Å². The second-order valence-corrected chi connectivity index (χ2v) is 11.2. The van der Waals surface area contributed by atoms with E-state index in [9.17, 15) is 13.2 Å². The van der Waals surface area contributed by atoms with Crippen LogP contribution in [0.2, 0.25) is 0 Å². The van der Waals surface area contributed by atoms with Gasteiger partial charge in [0.15, 0.2) is 21.0 Å². The molecule has 1 amide bonds. The summed E-state index contributed by atoms with van der Waals surface area (Å²) in [4.78, 5) is 23.9. The number of fused-ring (bicyclic) bond motifs is 1. The molecule has 0 atom stereocenters. The van der Waals surface area contributed by atoms with Crippen LogP contribution in [-0.4, -0.2) is 76.1 Å². The molecule has 0 saturated heterocycles. The predicted molar refractivity (Wildman–Crippen MR) is 151 cm³/mol. The van der Waals surface area contributed by atoms with Gasteiger partial charge in [0, 0.05) is 24.3 Å². The van der Waals surface area contributed by atoms with E-state index in [1.54, 1.807) is 59.4 Å². The average molecular weight is 551 g/mol. The maximum Gasteiger partial charge on any atom is 0.251 e. The van der Waals surface area contributed by atoms with Crippen LogP contribution in [-0.2, 0) is 9.84 Å². The van der Waals surface area contributed by atoms with Crippen LogP contribution in [0.25, 0.3) is 16.9 Å². The third-order valence-electron chi connectivity index (χ3n) is 6.39. The van der Waals surface area contributed by atoms with Crippen LogP contribution in [0, 0.1) is 0 Å². The number of benzene rings is 2. The highest BCUT2D eigenvalue weighted by molar-refractivity contribution is 7.91. The van der Waals surface area contributed by atoms with Crippen LogP contribution in [0.4, 0.5) is 11.6 Å². The van der Waals surface area contributed by atoms with Gasteiger partial charge in [-0.05, 0) is 62.0 Å². The molecule has 2 aromatic carbocycles. The molecule has 4 rings (SSSR count). The fourth-order valence-corrected chi connectivity index (χ4v) is 5.53. The standard InChI is InChI=1S/C27H34N8O3S/c1-4-7-17-39(37,38)23-10-8-9-21(18-23)30-27-29-19-24-25(31-27)35(33-32-24)22-13-11-20(12-14-22)26(36)28-15-16-34(5-2)6-3/h8-14,18-19H,4-7,15-17H2,1-3H3,(H,28,36)(H,29,30,31). The molecule has 0 radical (unpaired) electrons. The molecule has 12 heteroatoms. The number of amides is 1. The van der Waals surface area contributed by atoms with Crippen LogP contribution in [0.5, 0.6) is 0 Å². The number of unbranched alkanes of at least 4 members (excludes halogenated alkanes) is 1. The second kappa shape index (κ2) is 12.8. The van der Waals surface area contributed by atoms with E-state index in [2.05, 4.69) is 49.7 Å². The van der Waals surface area contributed by atoms with Gasteiger partial charge in [-0.1, -0.05) is 38.5 Å². The second-order valence-electron chi connectivity index (χ2n) is 9.06. The lowest BCUT2D eigenvalue weighted by molar-refractivity contribution is 0.0949. The number of likely N-dealkylation sites (N-methyl/N-ethyl adjacent to an activating group) is 1. The van der Waals surface area contributed by atoms with Gasteiger partial charge in [0.1, 0.15) is 0 Å². The molecule has 0 spiro atoms. The number of hydrogen-bond acceptors (Lipinski definition) is 9. The number of nitrogens with zero attached hydrogens (tertiary/aromatic N) is 6. The molecule has 0 aliphatic heterocycles. The van der Waals surface area contributed by atoms with Crippen molar-refractivity contribution in [3.05, 3.63) is 60.3 Å². The highest BCUT2D eigenvalue weighted by Gasteiger charge is 2.15. The van der Waals surface area contributed by atoms with E-state index in [4.69, 9.17) is 0 Å². The lowest BCUT2D eigenvalue weighted by Gasteiger charge is -2.17. The van der Waals surface area contributed by atoms with Gasteiger partial charge >= 0.3 is 0 Å². The molecule has 4 aromatic rings. The number of rotatable bonds is 13. The molecule has 2 heterocycles. The van der Waals surface area contributed by atoms with Crippen molar-refractivity contribution in [1.82, 2.24) is 35.2 Å². The smallest absolute Gasteiger partial charge is 0.251 e. The summed E-state index contributed by atoms with van der Waals surface area (Å²) in [5, 5.41) is 14.4. The molecule has 206 valence electrons.